The smallest absolute Gasteiger partial charge is 0.194 e. The summed E-state index contributed by atoms with van der Waals surface area (Å²) in [6.45, 7) is 1.11. The van der Waals surface area contributed by atoms with Gasteiger partial charge in [-0.2, -0.15) is 0 Å². The molecule has 1 heterocycles. The van der Waals surface area contributed by atoms with E-state index in [1.54, 1.807) is 19.2 Å². The molecule has 0 spiro atoms. The van der Waals surface area contributed by atoms with Crippen LogP contribution >= 0.6 is 15.9 Å². The van der Waals surface area contributed by atoms with Crippen molar-refractivity contribution in [3.05, 3.63) is 58.1 Å². The molecule has 2 aromatic rings. The van der Waals surface area contributed by atoms with E-state index in [0.29, 0.717) is 18.7 Å². The Bertz CT molecular complexity index is 666. The van der Waals surface area contributed by atoms with Crippen molar-refractivity contribution >= 4 is 21.9 Å². The maximum absolute atomic E-state index is 13.6. The average Bonchev–Trinajstić information content (AvgIpc) is 2.79. The second kappa shape index (κ2) is 7.45. The van der Waals surface area contributed by atoms with E-state index in [1.807, 2.05) is 31.3 Å². The van der Waals surface area contributed by atoms with Crippen LogP contribution < -0.4 is 5.32 Å². The van der Waals surface area contributed by atoms with Crippen LogP contribution in [0.4, 0.5) is 4.39 Å². The van der Waals surface area contributed by atoms with Gasteiger partial charge in [0.2, 0.25) is 0 Å². The van der Waals surface area contributed by atoms with Crippen LogP contribution in [0.3, 0.4) is 0 Å². The van der Waals surface area contributed by atoms with E-state index in [4.69, 9.17) is 0 Å². The SMILES string of the molecule is CN=C(NCc1ccccc1F)N(C)Cc1cc(Br)cn1C. The molecule has 1 aromatic carbocycles. The van der Waals surface area contributed by atoms with Gasteiger partial charge in [-0.25, -0.2) is 4.39 Å². The normalized spacial score (nSPS) is 11.6. The van der Waals surface area contributed by atoms with Crippen molar-refractivity contribution in [1.29, 1.82) is 0 Å². The third kappa shape index (κ3) is 4.10. The van der Waals surface area contributed by atoms with E-state index in [1.165, 1.54) is 6.07 Å². The molecular weight excluding hydrogens is 347 g/mol. The van der Waals surface area contributed by atoms with E-state index in [-0.39, 0.29) is 5.82 Å². The first-order valence-electron chi connectivity index (χ1n) is 6.97. The van der Waals surface area contributed by atoms with Crippen LogP contribution in [-0.4, -0.2) is 29.5 Å². The van der Waals surface area contributed by atoms with Crippen LogP contribution in [0.2, 0.25) is 0 Å². The minimum atomic E-state index is -0.209. The summed E-state index contributed by atoms with van der Waals surface area (Å²) < 4.78 is 16.8. The fourth-order valence-electron chi connectivity index (χ4n) is 2.24. The standard InChI is InChI=1S/C16H20BrFN4/c1-19-16(20-9-12-6-4-5-7-15(12)18)22(3)11-14-8-13(17)10-21(14)2/h4-8,10H,9,11H2,1-3H3,(H,19,20). The summed E-state index contributed by atoms with van der Waals surface area (Å²) in [5.74, 6) is 0.514. The Morgan fingerprint density at radius 2 is 2.14 bits per heavy atom. The third-order valence-corrected chi connectivity index (χ3v) is 3.88. The number of halogens is 2. The summed E-state index contributed by atoms with van der Waals surface area (Å²) in [7, 11) is 5.68. The van der Waals surface area contributed by atoms with Crippen LogP contribution in [0.1, 0.15) is 11.3 Å². The number of hydrogen-bond donors (Lipinski definition) is 1. The van der Waals surface area contributed by atoms with Crippen molar-refractivity contribution in [3.63, 3.8) is 0 Å². The maximum Gasteiger partial charge on any atom is 0.194 e. The van der Waals surface area contributed by atoms with Gasteiger partial charge in [-0.3, -0.25) is 4.99 Å². The number of aromatic nitrogens is 1. The zero-order chi connectivity index (χ0) is 16.1. The fraction of sp³-hybridized carbons (Fsp3) is 0.312. The van der Waals surface area contributed by atoms with Crippen molar-refractivity contribution in [2.75, 3.05) is 14.1 Å². The van der Waals surface area contributed by atoms with Gasteiger partial charge in [-0.15, -0.1) is 0 Å². The van der Waals surface area contributed by atoms with E-state index in [0.717, 1.165) is 16.1 Å². The quantitative estimate of drug-likeness (QED) is 0.665. The largest absolute Gasteiger partial charge is 0.352 e. The Hall–Kier alpha value is -1.82. The lowest BCUT2D eigenvalue weighted by atomic mass is 10.2. The molecule has 6 heteroatoms. The molecule has 0 aliphatic carbocycles. The molecule has 22 heavy (non-hydrogen) atoms. The van der Waals surface area contributed by atoms with Crippen molar-refractivity contribution in [3.8, 4) is 0 Å². The minimum absolute atomic E-state index is 0.209. The molecule has 0 fully saturated rings. The Balaban J connectivity index is 1.99. The summed E-state index contributed by atoms with van der Waals surface area (Å²) in [4.78, 5) is 6.26. The number of benzene rings is 1. The Morgan fingerprint density at radius 1 is 1.41 bits per heavy atom. The Labute approximate surface area is 138 Å². The highest BCUT2D eigenvalue weighted by molar-refractivity contribution is 9.10. The van der Waals surface area contributed by atoms with Crippen molar-refractivity contribution < 1.29 is 4.39 Å². The van der Waals surface area contributed by atoms with Gasteiger partial charge in [0.15, 0.2) is 5.96 Å². The molecule has 0 saturated carbocycles. The van der Waals surface area contributed by atoms with Gasteiger partial charge in [-0.1, -0.05) is 18.2 Å². The van der Waals surface area contributed by atoms with E-state index < -0.39 is 0 Å². The summed E-state index contributed by atoms with van der Waals surface area (Å²) in [5.41, 5.74) is 1.78. The van der Waals surface area contributed by atoms with Crippen LogP contribution in [0.5, 0.6) is 0 Å². The predicted octanol–water partition coefficient (Wildman–Crippen LogP) is 3.13. The molecule has 1 N–H and O–H groups in total. The van der Waals surface area contributed by atoms with Crippen molar-refractivity contribution in [2.45, 2.75) is 13.1 Å². The lowest BCUT2D eigenvalue weighted by molar-refractivity contribution is 0.460. The molecule has 0 amide bonds. The second-order valence-electron chi connectivity index (χ2n) is 5.11. The van der Waals surface area contributed by atoms with Crippen LogP contribution in [0.15, 0.2) is 46.0 Å². The maximum atomic E-state index is 13.6. The molecule has 118 valence electrons. The molecular formula is C16H20BrFN4. The number of nitrogens with zero attached hydrogens (tertiary/aromatic N) is 3. The molecule has 4 nitrogen and oxygen atoms in total. The lowest BCUT2D eigenvalue weighted by Crippen LogP contribution is -2.38. The van der Waals surface area contributed by atoms with Gasteiger partial charge in [0.25, 0.3) is 0 Å². The molecule has 0 atom stereocenters. The number of aliphatic imine (C=N–C) groups is 1. The van der Waals surface area contributed by atoms with Gasteiger partial charge < -0.3 is 14.8 Å². The number of guanidine groups is 1. The minimum Gasteiger partial charge on any atom is -0.352 e. The topological polar surface area (TPSA) is 32.6 Å². The highest BCUT2D eigenvalue weighted by atomic mass is 79.9. The van der Waals surface area contributed by atoms with Crippen LogP contribution in [0.25, 0.3) is 0 Å². The number of rotatable bonds is 4. The number of hydrogen-bond acceptors (Lipinski definition) is 1. The Morgan fingerprint density at radius 3 is 2.73 bits per heavy atom. The third-order valence-electron chi connectivity index (χ3n) is 3.44. The molecule has 0 radical (unpaired) electrons. The predicted molar refractivity (Wildman–Crippen MR) is 91.2 cm³/mol. The first-order chi connectivity index (χ1) is 10.5. The van der Waals surface area contributed by atoms with E-state index >= 15 is 0 Å². The van der Waals surface area contributed by atoms with Gasteiger partial charge in [-0.05, 0) is 28.1 Å². The molecule has 0 saturated heterocycles. The van der Waals surface area contributed by atoms with Crippen LogP contribution in [-0.2, 0) is 20.1 Å². The molecule has 0 bridgehead atoms. The first-order valence-corrected chi connectivity index (χ1v) is 7.76. The van der Waals surface area contributed by atoms with Crippen molar-refractivity contribution in [2.24, 2.45) is 12.0 Å². The van der Waals surface area contributed by atoms with Gasteiger partial charge in [0, 0.05) is 49.6 Å². The fourth-order valence-corrected chi connectivity index (χ4v) is 2.81. The van der Waals surface area contributed by atoms with Gasteiger partial charge in [0.05, 0.1) is 6.54 Å². The monoisotopic (exact) mass is 366 g/mol. The van der Waals surface area contributed by atoms with Gasteiger partial charge in [0.1, 0.15) is 5.82 Å². The molecule has 1 aromatic heterocycles. The summed E-state index contributed by atoms with van der Waals surface area (Å²) >= 11 is 3.47. The first kappa shape index (κ1) is 16.5. The molecule has 0 unspecified atom stereocenters. The summed E-state index contributed by atoms with van der Waals surface area (Å²) in [6, 6.07) is 8.82. The molecule has 0 aliphatic rings. The summed E-state index contributed by atoms with van der Waals surface area (Å²) in [6.07, 6.45) is 2.01. The highest BCUT2D eigenvalue weighted by Gasteiger charge is 2.10. The van der Waals surface area contributed by atoms with Crippen molar-refractivity contribution in [1.82, 2.24) is 14.8 Å². The zero-order valence-corrected chi connectivity index (χ0v) is 14.6. The van der Waals surface area contributed by atoms with Gasteiger partial charge >= 0.3 is 0 Å². The number of aryl methyl sites for hydroxylation is 1. The molecule has 2 rings (SSSR count). The summed E-state index contributed by atoms with van der Waals surface area (Å²) in [5, 5.41) is 3.19. The average molecular weight is 367 g/mol. The Kier molecular flexibility index (Phi) is 5.60. The highest BCUT2D eigenvalue weighted by Crippen LogP contribution is 2.15. The van der Waals surface area contributed by atoms with Crippen LogP contribution in [0, 0.1) is 5.82 Å². The zero-order valence-electron chi connectivity index (χ0n) is 13.0. The second-order valence-corrected chi connectivity index (χ2v) is 6.02. The van der Waals surface area contributed by atoms with E-state index in [2.05, 4.69) is 36.9 Å². The molecule has 0 aliphatic heterocycles. The lowest BCUT2D eigenvalue weighted by Gasteiger charge is -2.22. The number of nitrogens with one attached hydrogen (secondary N) is 1. The van der Waals surface area contributed by atoms with E-state index in [9.17, 15) is 4.39 Å².